The first-order valence-corrected chi connectivity index (χ1v) is 9.70. The minimum absolute atomic E-state index is 0.221. The van der Waals surface area contributed by atoms with Crippen LogP contribution in [0.2, 0.25) is 0 Å². The summed E-state index contributed by atoms with van der Waals surface area (Å²) in [4.78, 5) is 30.9. The summed E-state index contributed by atoms with van der Waals surface area (Å²) in [7, 11) is 0. The van der Waals surface area contributed by atoms with E-state index in [0.29, 0.717) is 29.1 Å². The molecule has 0 radical (unpaired) electrons. The Morgan fingerprint density at radius 1 is 1.26 bits per heavy atom. The lowest BCUT2D eigenvalue weighted by atomic mass is 10.1. The van der Waals surface area contributed by atoms with E-state index in [1.54, 1.807) is 41.9 Å². The van der Waals surface area contributed by atoms with Crippen LogP contribution in [-0.2, 0) is 4.74 Å². The molecule has 0 spiro atoms. The zero-order valence-electron chi connectivity index (χ0n) is 16.9. The molecule has 8 nitrogen and oxygen atoms in total. The van der Waals surface area contributed by atoms with Crippen molar-refractivity contribution in [3.63, 3.8) is 0 Å². The Kier molecular flexibility index (Phi) is 5.61. The lowest BCUT2D eigenvalue weighted by Crippen LogP contribution is -2.31. The molecule has 4 aromatic rings. The van der Waals surface area contributed by atoms with Crippen LogP contribution in [0.15, 0.2) is 78.2 Å². The highest BCUT2D eigenvalue weighted by Crippen LogP contribution is 2.26. The van der Waals surface area contributed by atoms with Crippen LogP contribution in [0.1, 0.15) is 23.0 Å². The molecule has 31 heavy (non-hydrogen) atoms. The molecule has 0 aliphatic rings. The maximum Gasteiger partial charge on any atom is 0.414 e. The molecule has 0 aliphatic carbocycles. The van der Waals surface area contributed by atoms with Crippen molar-refractivity contribution in [2.45, 2.75) is 6.92 Å². The zero-order valence-corrected chi connectivity index (χ0v) is 16.9. The van der Waals surface area contributed by atoms with Gasteiger partial charge < -0.3 is 9.15 Å². The number of benzene rings is 1. The van der Waals surface area contributed by atoms with E-state index in [-0.39, 0.29) is 18.2 Å². The van der Waals surface area contributed by atoms with Gasteiger partial charge in [0, 0.05) is 24.0 Å². The fourth-order valence-corrected chi connectivity index (χ4v) is 3.26. The fourth-order valence-electron chi connectivity index (χ4n) is 3.26. The Morgan fingerprint density at radius 3 is 2.87 bits per heavy atom. The van der Waals surface area contributed by atoms with Crippen LogP contribution in [-0.4, -0.2) is 39.6 Å². The van der Waals surface area contributed by atoms with Crippen LogP contribution in [0.25, 0.3) is 16.9 Å². The lowest BCUT2D eigenvalue weighted by molar-refractivity contribution is 0.101. The summed E-state index contributed by atoms with van der Waals surface area (Å²) in [5, 5.41) is 4.37. The van der Waals surface area contributed by atoms with Gasteiger partial charge in [0.05, 0.1) is 30.3 Å². The molecular weight excluding hydrogens is 396 g/mol. The number of ether oxygens (including phenoxy) is 1. The summed E-state index contributed by atoms with van der Waals surface area (Å²) in [6.45, 7) is 6.05. The second kappa shape index (κ2) is 8.66. The molecule has 0 atom stereocenters. The van der Waals surface area contributed by atoms with Gasteiger partial charge in [0.25, 0.3) is 0 Å². The third-order valence-corrected chi connectivity index (χ3v) is 4.64. The van der Waals surface area contributed by atoms with Gasteiger partial charge in [0.2, 0.25) is 5.78 Å². The van der Waals surface area contributed by atoms with Crippen LogP contribution in [0.3, 0.4) is 0 Å². The van der Waals surface area contributed by atoms with Crippen molar-refractivity contribution in [3.8, 4) is 11.3 Å². The van der Waals surface area contributed by atoms with Crippen LogP contribution in [0, 0.1) is 0 Å². The van der Waals surface area contributed by atoms with Crippen LogP contribution < -0.4 is 4.90 Å². The van der Waals surface area contributed by atoms with E-state index in [0.717, 1.165) is 5.56 Å². The number of rotatable bonds is 7. The predicted molar refractivity (Wildman–Crippen MR) is 115 cm³/mol. The summed E-state index contributed by atoms with van der Waals surface area (Å²) in [5.41, 5.74) is 2.92. The number of hydrogen-bond acceptors (Lipinski definition) is 6. The summed E-state index contributed by atoms with van der Waals surface area (Å²) in [6.07, 6.45) is 5.72. The monoisotopic (exact) mass is 416 g/mol. The number of carbonyl (C=O) groups excluding carboxylic acids is 2. The zero-order chi connectivity index (χ0) is 21.8. The molecule has 0 bridgehead atoms. The highest BCUT2D eigenvalue weighted by atomic mass is 16.6. The number of nitrogens with zero attached hydrogens (tertiary/aromatic N) is 4. The number of aromatic nitrogens is 3. The van der Waals surface area contributed by atoms with E-state index < -0.39 is 6.09 Å². The first kappa shape index (κ1) is 20.1. The summed E-state index contributed by atoms with van der Waals surface area (Å²) >= 11 is 0. The van der Waals surface area contributed by atoms with E-state index in [2.05, 4.69) is 16.7 Å². The van der Waals surface area contributed by atoms with E-state index in [9.17, 15) is 9.59 Å². The van der Waals surface area contributed by atoms with Gasteiger partial charge in [-0.3, -0.25) is 9.69 Å². The van der Waals surface area contributed by atoms with Crippen LogP contribution in [0.4, 0.5) is 10.5 Å². The smallest absolute Gasteiger partial charge is 0.414 e. The van der Waals surface area contributed by atoms with E-state index >= 15 is 0 Å². The molecule has 1 amide bonds. The molecule has 3 heterocycles. The molecular formula is C23H20N4O4. The molecule has 0 saturated heterocycles. The summed E-state index contributed by atoms with van der Waals surface area (Å²) in [6, 6.07) is 12.4. The second-order valence-corrected chi connectivity index (χ2v) is 6.58. The third kappa shape index (κ3) is 3.83. The maximum absolute atomic E-state index is 12.7. The van der Waals surface area contributed by atoms with Gasteiger partial charge in [-0.2, -0.15) is 5.10 Å². The van der Waals surface area contributed by atoms with Gasteiger partial charge in [-0.1, -0.05) is 18.2 Å². The molecule has 8 heteroatoms. The standard InChI is InChI=1S/C23H20N4O4/c1-3-12-26(23(29)30-4-2)17-8-5-7-16(14-17)19-10-11-24-22-18(15-25-27(19)22)21(28)20-9-6-13-31-20/h3,5-11,13-15H,1,4,12H2,2H3. The molecule has 156 valence electrons. The quantitative estimate of drug-likeness (QED) is 0.328. The van der Waals surface area contributed by atoms with E-state index in [1.165, 1.54) is 17.4 Å². The predicted octanol–water partition coefficient (Wildman–Crippen LogP) is 4.37. The molecule has 0 saturated carbocycles. The largest absolute Gasteiger partial charge is 0.461 e. The number of anilines is 1. The molecule has 1 aromatic carbocycles. The number of furan rings is 1. The Hall–Kier alpha value is -4.20. The van der Waals surface area contributed by atoms with Crippen molar-refractivity contribution < 1.29 is 18.7 Å². The van der Waals surface area contributed by atoms with E-state index in [4.69, 9.17) is 9.15 Å². The lowest BCUT2D eigenvalue weighted by Gasteiger charge is -2.21. The van der Waals surface area contributed by atoms with Crippen molar-refractivity contribution in [2.75, 3.05) is 18.1 Å². The number of ketones is 1. The van der Waals surface area contributed by atoms with Gasteiger partial charge in [-0.25, -0.2) is 14.3 Å². The van der Waals surface area contributed by atoms with Crippen molar-refractivity contribution >= 4 is 23.2 Å². The Labute approximate surface area is 178 Å². The maximum atomic E-state index is 12.7. The Balaban J connectivity index is 1.76. The number of amides is 1. The van der Waals surface area contributed by atoms with Crippen molar-refractivity contribution in [1.29, 1.82) is 0 Å². The average Bonchev–Trinajstić information content (AvgIpc) is 3.47. The number of fused-ring (bicyclic) bond motifs is 1. The third-order valence-electron chi connectivity index (χ3n) is 4.64. The molecule has 0 unspecified atom stereocenters. The van der Waals surface area contributed by atoms with Gasteiger partial charge in [0.1, 0.15) is 0 Å². The van der Waals surface area contributed by atoms with Gasteiger partial charge >= 0.3 is 6.09 Å². The van der Waals surface area contributed by atoms with Crippen LogP contribution in [0.5, 0.6) is 0 Å². The highest BCUT2D eigenvalue weighted by molar-refractivity contribution is 6.10. The minimum Gasteiger partial charge on any atom is -0.461 e. The van der Waals surface area contributed by atoms with Gasteiger partial charge in [-0.05, 0) is 37.3 Å². The molecule has 0 aliphatic heterocycles. The second-order valence-electron chi connectivity index (χ2n) is 6.58. The minimum atomic E-state index is -0.454. The molecule has 0 N–H and O–H groups in total. The van der Waals surface area contributed by atoms with Crippen molar-refractivity contribution in [3.05, 3.63) is 85.1 Å². The molecule has 0 fully saturated rings. The fraction of sp³-hybridized carbons (Fsp3) is 0.130. The Morgan fingerprint density at radius 2 is 2.13 bits per heavy atom. The van der Waals surface area contributed by atoms with Crippen molar-refractivity contribution in [1.82, 2.24) is 14.6 Å². The SMILES string of the molecule is C=CCN(C(=O)OCC)c1cccc(-c2ccnc3c(C(=O)c4ccco4)cnn23)c1. The average molecular weight is 416 g/mol. The molecule has 4 rings (SSSR count). The highest BCUT2D eigenvalue weighted by Gasteiger charge is 2.20. The van der Waals surface area contributed by atoms with Gasteiger partial charge in [0.15, 0.2) is 11.4 Å². The first-order chi connectivity index (χ1) is 15.1. The Bertz CT molecular complexity index is 1240. The first-order valence-electron chi connectivity index (χ1n) is 9.70. The van der Waals surface area contributed by atoms with Crippen LogP contribution >= 0.6 is 0 Å². The summed E-state index contributed by atoms with van der Waals surface area (Å²) in [5.74, 6) is -0.0727. The number of hydrogen-bond donors (Lipinski definition) is 0. The topological polar surface area (TPSA) is 89.9 Å². The summed E-state index contributed by atoms with van der Waals surface area (Å²) < 4.78 is 12.0. The number of carbonyl (C=O) groups is 2. The van der Waals surface area contributed by atoms with E-state index in [1.807, 2.05) is 24.3 Å². The molecule has 3 aromatic heterocycles. The normalized spacial score (nSPS) is 10.7. The van der Waals surface area contributed by atoms with Crippen molar-refractivity contribution in [2.24, 2.45) is 0 Å². The van der Waals surface area contributed by atoms with Gasteiger partial charge in [-0.15, -0.1) is 6.58 Å².